The van der Waals surface area contributed by atoms with Gasteiger partial charge in [0.05, 0.1) is 11.9 Å². The van der Waals surface area contributed by atoms with Crippen LogP contribution in [0.2, 0.25) is 0 Å². The smallest absolute Gasteiger partial charge is 0.217 e. The summed E-state index contributed by atoms with van der Waals surface area (Å²) in [7, 11) is -3.11. The summed E-state index contributed by atoms with van der Waals surface area (Å²) >= 11 is 0. The molecule has 3 fully saturated rings. The number of nitrogens with zero attached hydrogens (tertiary/aromatic N) is 1. The Bertz CT molecular complexity index is 682. The normalized spacial score (nSPS) is 31.6. The van der Waals surface area contributed by atoms with Gasteiger partial charge in [0.25, 0.3) is 0 Å². The molecule has 0 radical (unpaired) electrons. The third-order valence-electron chi connectivity index (χ3n) is 6.40. The van der Waals surface area contributed by atoms with E-state index in [-0.39, 0.29) is 11.9 Å². The van der Waals surface area contributed by atoms with Gasteiger partial charge in [-0.3, -0.25) is 0 Å². The first kappa shape index (κ1) is 16.6. The standard InChI is InChI=1S/C19H27NO3S/c21-13-15-5-1-2-6-16(15)14-9-11-20(12-10-14)24(22,23)19-17-7-3-4-8-18(17)19/h1-2,5-6,14,17-19,21H,3-4,7-13H2. The molecule has 1 N–H and O–H groups in total. The molecular weight excluding hydrogens is 322 g/mol. The summed E-state index contributed by atoms with van der Waals surface area (Å²) in [5.41, 5.74) is 2.17. The molecule has 0 amide bonds. The van der Waals surface area contributed by atoms with Crippen molar-refractivity contribution in [3.8, 4) is 0 Å². The van der Waals surface area contributed by atoms with Crippen molar-refractivity contribution in [2.24, 2.45) is 11.8 Å². The molecule has 4 rings (SSSR count). The molecule has 0 bridgehead atoms. The molecule has 3 aliphatic rings. The predicted molar refractivity (Wildman–Crippen MR) is 94.1 cm³/mol. The number of fused-ring (bicyclic) bond motifs is 1. The maximum Gasteiger partial charge on any atom is 0.217 e. The van der Waals surface area contributed by atoms with Gasteiger partial charge in [0.15, 0.2) is 0 Å². The van der Waals surface area contributed by atoms with E-state index in [2.05, 4.69) is 6.07 Å². The number of piperidine rings is 1. The van der Waals surface area contributed by atoms with Crippen LogP contribution in [0, 0.1) is 11.8 Å². The molecule has 132 valence electrons. The second-order valence-corrected chi connectivity index (χ2v) is 9.74. The van der Waals surface area contributed by atoms with Gasteiger partial charge in [0.2, 0.25) is 10.0 Å². The zero-order valence-corrected chi connectivity index (χ0v) is 14.9. The van der Waals surface area contributed by atoms with Crippen LogP contribution in [0.25, 0.3) is 0 Å². The summed E-state index contributed by atoms with van der Waals surface area (Å²) in [4.78, 5) is 0. The zero-order valence-electron chi connectivity index (χ0n) is 14.1. The highest BCUT2D eigenvalue weighted by molar-refractivity contribution is 7.90. The van der Waals surface area contributed by atoms with Crippen LogP contribution in [0.4, 0.5) is 0 Å². The van der Waals surface area contributed by atoms with Gasteiger partial charge in [-0.2, -0.15) is 0 Å². The third kappa shape index (κ3) is 2.80. The zero-order chi connectivity index (χ0) is 16.7. The lowest BCUT2D eigenvalue weighted by molar-refractivity contribution is 0.275. The van der Waals surface area contributed by atoms with E-state index in [1.165, 1.54) is 18.4 Å². The second-order valence-electron chi connectivity index (χ2n) is 7.65. The van der Waals surface area contributed by atoms with E-state index in [0.29, 0.717) is 30.8 Å². The van der Waals surface area contributed by atoms with Gasteiger partial charge in [0.1, 0.15) is 0 Å². The van der Waals surface area contributed by atoms with Gasteiger partial charge in [0, 0.05) is 13.1 Å². The van der Waals surface area contributed by atoms with Crippen LogP contribution in [0.1, 0.15) is 55.6 Å². The summed E-state index contributed by atoms with van der Waals surface area (Å²) in [6, 6.07) is 8.00. The Kier molecular flexibility index (Phi) is 4.43. The first-order valence-corrected chi connectivity index (χ1v) is 10.8. The Balaban J connectivity index is 1.43. The summed E-state index contributed by atoms with van der Waals surface area (Å²) in [6.45, 7) is 1.31. The number of sulfonamides is 1. The number of hydrogen-bond acceptors (Lipinski definition) is 3. The molecule has 2 unspecified atom stereocenters. The molecule has 2 aliphatic carbocycles. The SMILES string of the molecule is O=S(=O)(C1C2CCCCC21)N1CCC(c2ccccc2CO)CC1. The first-order valence-electron chi connectivity index (χ1n) is 9.30. The predicted octanol–water partition coefficient (Wildman–Crippen LogP) is 2.88. The summed E-state index contributed by atoms with van der Waals surface area (Å²) in [5.74, 6) is 1.24. The van der Waals surface area contributed by atoms with Gasteiger partial charge >= 0.3 is 0 Å². The fourth-order valence-corrected chi connectivity index (χ4v) is 7.57. The molecular formula is C19H27NO3S. The molecule has 2 atom stereocenters. The largest absolute Gasteiger partial charge is 0.392 e. The lowest BCUT2D eigenvalue weighted by atomic mass is 9.87. The fourth-order valence-electron chi connectivity index (χ4n) is 5.04. The average Bonchev–Trinajstić information content (AvgIpc) is 3.37. The minimum Gasteiger partial charge on any atom is -0.392 e. The number of aliphatic hydroxyl groups excluding tert-OH is 1. The maximum atomic E-state index is 13.0. The molecule has 0 aromatic heterocycles. The Labute approximate surface area is 144 Å². The van der Waals surface area contributed by atoms with Gasteiger partial charge in [-0.05, 0) is 54.6 Å². The molecule has 1 saturated heterocycles. The molecule has 5 heteroatoms. The number of hydrogen-bond donors (Lipinski definition) is 1. The quantitative estimate of drug-likeness (QED) is 0.909. The maximum absolute atomic E-state index is 13.0. The fraction of sp³-hybridized carbons (Fsp3) is 0.684. The van der Waals surface area contributed by atoms with Crippen molar-refractivity contribution < 1.29 is 13.5 Å². The van der Waals surface area contributed by atoms with Gasteiger partial charge in [-0.25, -0.2) is 12.7 Å². The monoisotopic (exact) mass is 349 g/mol. The number of rotatable bonds is 4. The lowest BCUT2D eigenvalue weighted by Crippen LogP contribution is -2.40. The van der Waals surface area contributed by atoms with Crippen molar-refractivity contribution in [2.45, 2.75) is 56.3 Å². The van der Waals surface area contributed by atoms with Crippen LogP contribution in [-0.4, -0.2) is 36.2 Å². The van der Waals surface area contributed by atoms with Crippen LogP contribution >= 0.6 is 0 Å². The van der Waals surface area contributed by atoms with E-state index < -0.39 is 10.0 Å². The average molecular weight is 349 g/mol. The molecule has 2 saturated carbocycles. The van der Waals surface area contributed by atoms with E-state index in [1.54, 1.807) is 4.31 Å². The van der Waals surface area contributed by atoms with Crippen LogP contribution < -0.4 is 0 Å². The number of benzene rings is 1. The molecule has 1 aromatic carbocycles. The highest BCUT2D eigenvalue weighted by Crippen LogP contribution is 2.54. The summed E-state index contributed by atoms with van der Waals surface area (Å²) in [5, 5.41) is 9.44. The van der Waals surface area contributed by atoms with Gasteiger partial charge in [-0.15, -0.1) is 0 Å². The Hall–Kier alpha value is -0.910. The molecule has 1 aliphatic heterocycles. The molecule has 1 aromatic rings. The van der Waals surface area contributed by atoms with Crippen molar-refractivity contribution in [1.29, 1.82) is 0 Å². The lowest BCUT2D eigenvalue weighted by Gasteiger charge is -2.32. The summed E-state index contributed by atoms with van der Waals surface area (Å²) in [6.07, 6.45) is 6.33. The van der Waals surface area contributed by atoms with E-state index in [1.807, 2.05) is 18.2 Å². The van der Waals surface area contributed by atoms with Crippen molar-refractivity contribution >= 4 is 10.0 Å². The Morgan fingerprint density at radius 3 is 2.25 bits per heavy atom. The van der Waals surface area contributed by atoms with E-state index in [4.69, 9.17) is 0 Å². The highest BCUT2D eigenvalue weighted by atomic mass is 32.2. The van der Waals surface area contributed by atoms with Crippen molar-refractivity contribution in [2.75, 3.05) is 13.1 Å². The summed E-state index contributed by atoms with van der Waals surface area (Å²) < 4.78 is 27.7. The van der Waals surface area contributed by atoms with Crippen molar-refractivity contribution in [3.63, 3.8) is 0 Å². The topological polar surface area (TPSA) is 57.6 Å². The van der Waals surface area contributed by atoms with Crippen LogP contribution in [-0.2, 0) is 16.6 Å². The van der Waals surface area contributed by atoms with Gasteiger partial charge < -0.3 is 5.11 Å². The molecule has 1 heterocycles. The molecule has 24 heavy (non-hydrogen) atoms. The van der Waals surface area contributed by atoms with Gasteiger partial charge in [-0.1, -0.05) is 37.1 Å². The highest BCUT2D eigenvalue weighted by Gasteiger charge is 2.59. The minimum absolute atomic E-state index is 0.0557. The van der Waals surface area contributed by atoms with Crippen molar-refractivity contribution in [1.82, 2.24) is 4.31 Å². The van der Waals surface area contributed by atoms with Crippen LogP contribution in [0.3, 0.4) is 0 Å². The Morgan fingerprint density at radius 1 is 1.00 bits per heavy atom. The molecule has 4 nitrogen and oxygen atoms in total. The number of aliphatic hydroxyl groups is 1. The minimum atomic E-state index is -3.11. The third-order valence-corrected chi connectivity index (χ3v) is 8.87. The Morgan fingerprint density at radius 2 is 1.62 bits per heavy atom. The first-order chi connectivity index (χ1) is 11.6. The molecule has 0 spiro atoms. The van der Waals surface area contributed by atoms with Crippen LogP contribution in [0.15, 0.2) is 24.3 Å². The van der Waals surface area contributed by atoms with E-state index in [9.17, 15) is 13.5 Å². The van der Waals surface area contributed by atoms with E-state index in [0.717, 1.165) is 31.2 Å². The van der Waals surface area contributed by atoms with Crippen LogP contribution in [0.5, 0.6) is 0 Å². The van der Waals surface area contributed by atoms with Crippen molar-refractivity contribution in [3.05, 3.63) is 35.4 Å². The van der Waals surface area contributed by atoms with E-state index >= 15 is 0 Å². The second kappa shape index (κ2) is 6.43.